The molecule has 1 unspecified atom stereocenters. The van der Waals surface area contributed by atoms with Gasteiger partial charge in [-0.3, -0.25) is 9.59 Å². The van der Waals surface area contributed by atoms with Crippen molar-refractivity contribution in [1.29, 1.82) is 0 Å². The third kappa shape index (κ3) is 5.44. The average molecular weight is 464 g/mol. The van der Waals surface area contributed by atoms with E-state index in [1.165, 1.54) is 16.4 Å². The monoisotopic (exact) mass is 463 g/mol. The number of hydrogen-bond acceptors (Lipinski definition) is 4. The maximum Gasteiger partial charge on any atom is 0.251 e. The second-order valence-electron chi connectivity index (χ2n) is 7.75. The Morgan fingerprint density at radius 1 is 0.968 bits per heavy atom. The minimum atomic E-state index is -3.68. The topological polar surface area (TPSA) is 86.8 Å². The van der Waals surface area contributed by atoms with Crippen LogP contribution in [0.15, 0.2) is 59.5 Å². The van der Waals surface area contributed by atoms with E-state index in [1.807, 2.05) is 19.9 Å². The third-order valence-electron chi connectivity index (χ3n) is 5.24. The van der Waals surface area contributed by atoms with E-state index in [2.05, 4.69) is 5.32 Å². The number of halogens is 1. The summed E-state index contributed by atoms with van der Waals surface area (Å²) in [7, 11) is -3.68. The molecule has 0 radical (unpaired) electrons. The lowest BCUT2D eigenvalue weighted by molar-refractivity contribution is -0.135. The molecule has 1 atom stereocenters. The third-order valence-corrected chi connectivity index (χ3v) is 7.37. The Bertz CT molecular complexity index is 1040. The van der Waals surface area contributed by atoms with Gasteiger partial charge < -0.3 is 10.2 Å². The fourth-order valence-corrected chi connectivity index (χ4v) is 5.17. The minimum Gasteiger partial charge on any atom is -0.340 e. The Balaban J connectivity index is 1.66. The summed E-state index contributed by atoms with van der Waals surface area (Å²) in [5.41, 5.74) is 0.485. The van der Waals surface area contributed by atoms with E-state index in [0.717, 1.165) is 0 Å². The smallest absolute Gasteiger partial charge is 0.251 e. The molecule has 0 bridgehead atoms. The van der Waals surface area contributed by atoms with Crippen molar-refractivity contribution < 1.29 is 18.0 Å². The van der Waals surface area contributed by atoms with Crippen molar-refractivity contribution in [3.05, 3.63) is 65.2 Å². The minimum absolute atomic E-state index is 0.117. The first-order chi connectivity index (χ1) is 14.7. The number of benzene rings is 2. The molecule has 0 spiro atoms. The van der Waals surface area contributed by atoms with Crippen molar-refractivity contribution in [3.63, 3.8) is 0 Å². The number of nitrogens with zero attached hydrogens (tertiary/aromatic N) is 2. The van der Waals surface area contributed by atoms with Crippen molar-refractivity contribution in [2.24, 2.45) is 5.92 Å². The zero-order valence-corrected chi connectivity index (χ0v) is 19.1. The number of sulfonamides is 1. The van der Waals surface area contributed by atoms with E-state index in [0.29, 0.717) is 10.6 Å². The highest BCUT2D eigenvalue weighted by Crippen LogP contribution is 2.21. The van der Waals surface area contributed by atoms with Gasteiger partial charge in [-0.25, -0.2) is 8.42 Å². The molecule has 1 N–H and O–H groups in total. The molecule has 0 aliphatic carbocycles. The molecule has 31 heavy (non-hydrogen) atoms. The molecule has 7 nitrogen and oxygen atoms in total. The van der Waals surface area contributed by atoms with E-state index < -0.39 is 16.1 Å². The molecule has 1 aliphatic rings. The van der Waals surface area contributed by atoms with Crippen LogP contribution >= 0.6 is 11.6 Å². The fraction of sp³-hybridized carbons (Fsp3) is 0.364. The van der Waals surface area contributed by atoms with Crippen molar-refractivity contribution in [3.8, 4) is 0 Å². The van der Waals surface area contributed by atoms with Crippen LogP contribution in [0.4, 0.5) is 0 Å². The van der Waals surface area contributed by atoms with Crippen molar-refractivity contribution in [1.82, 2.24) is 14.5 Å². The summed E-state index contributed by atoms with van der Waals surface area (Å²) < 4.78 is 27.1. The molecule has 2 amide bonds. The van der Waals surface area contributed by atoms with Crippen molar-refractivity contribution >= 4 is 33.4 Å². The SMILES string of the molecule is CC(C)C(NC(=O)c1ccccc1)C(=O)N1CCN(S(=O)(=O)c2cccc(Cl)c2)CC1. The lowest BCUT2D eigenvalue weighted by Gasteiger charge is -2.36. The molecule has 0 aromatic heterocycles. The Morgan fingerprint density at radius 3 is 2.19 bits per heavy atom. The van der Waals surface area contributed by atoms with Crippen LogP contribution in [-0.4, -0.2) is 61.7 Å². The number of rotatable bonds is 6. The average Bonchev–Trinajstić information content (AvgIpc) is 2.77. The molecule has 9 heteroatoms. The quantitative estimate of drug-likeness (QED) is 0.713. The Kier molecular flexibility index (Phi) is 7.35. The number of nitrogens with one attached hydrogen (secondary N) is 1. The standard InChI is InChI=1S/C22H26ClN3O4S/c1-16(2)20(24-21(27)17-7-4-3-5-8-17)22(28)25-11-13-26(14-12-25)31(29,30)19-10-6-9-18(23)15-19/h3-10,15-16,20H,11-14H2,1-2H3,(H,24,27). The van der Waals surface area contributed by atoms with Crippen LogP contribution in [0.25, 0.3) is 0 Å². The molecule has 1 heterocycles. The molecule has 0 saturated carbocycles. The lowest BCUT2D eigenvalue weighted by atomic mass is 10.0. The van der Waals surface area contributed by atoms with E-state index in [1.54, 1.807) is 41.3 Å². The van der Waals surface area contributed by atoms with Crippen LogP contribution in [0.5, 0.6) is 0 Å². The largest absolute Gasteiger partial charge is 0.340 e. The summed E-state index contributed by atoms with van der Waals surface area (Å²) in [5.74, 6) is -0.637. The van der Waals surface area contributed by atoms with Crippen molar-refractivity contribution in [2.75, 3.05) is 26.2 Å². The van der Waals surface area contributed by atoms with Crippen LogP contribution in [0.3, 0.4) is 0 Å². The van der Waals surface area contributed by atoms with Gasteiger partial charge in [0.25, 0.3) is 5.91 Å². The predicted octanol–water partition coefficient (Wildman–Crippen LogP) is 2.63. The van der Waals surface area contributed by atoms with Gasteiger partial charge in [-0.05, 0) is 36.2 Å². The van der Waals surface area contributed by atoms with Crippen LogP contribution in [-0.2, 0) is 14.8 Å². The van der Waals surface area contributed by atoms with Crippen LogP contribution < -0.4 is 5.32 Å². The Hall–Kier alpha value is -2.42. The first kappa shape index (κ1) is 23.2. The molecule has 2 aromatic rings. The second-order valence-corrected chi connectivity index (χ2v) is 10.1. The summed E-state index contributed by atoms with van der Waals surface area (Å²) in [4.78, 5) is 27.4. The Labute approximate surface area is 188 Å². The van der Waals surface area contributed by atoms with Gasteiger partial charge in [0.1, 0.15) is 6.04 Å². The zero-order valence-electron chi connectivity index (χ0n) is 17.5. The maximum absolute atomic E-state index is 13.1. The number of carbonyl (C=O) groups excluding carboxylic acids is 2. The molecular weight excluding hydrogens is 438 g/mol. The van der Waals surface area contributed by atoms with Gasteiger partial charge in [0, 0.05) is 36.8 Å². The first-order valence-corrected chi connectivity index (χ1v) is 11.9. The lowest BCUT2D eigenvalue weighted by Crippen LogP contribution is -2.57. The summed E-state index contributed by atoms with van der Waals surface area (Å²) in [5, 5.41) is 3.18. The highest BCUT2D eigenvalue weighted by Gasteiger charge is 2.34. The van der Waals surface area contributed by atoms with Gasteiger partial charge in [0.05, 0.1) is 4.90 Å². The highest BCUT2D eigenvalue weighted by atomic mass is 35.5. The molecule has 3 rings (SSSR count). The number of carbonyl (C=O) groups is 2. The predicted molar refractivity (Wildman–Crippen MR) is 119 cm³/mol. The summed E-state index contributed by atoms with van der Waals surface area (Å²) >= 11 is 5.93. The van der Waals surface area contributed by atoms with Crippen LogP contribution in [0.1, 0.15) is 24.2 Å². The number of hydrogen-bond donors (Lipinski definition) is 1. The zero-order chi connectivity index (χ0) is 22.6. The molecule has 2 aromatic carbocycles. The maximum atomic E-state index is 13.1. The van der Waals surface area contributed by atoms with Gasteiger partial charge in [0.15, 0.2) is 0 Å². The summed E-state index contributed by atoms with van der Waals surface area (Å²) in [6.07, 6.45) is 0. The second kappa shape index (κ2) is 9.80. The van der Waals surface area contributed by atoms with E-state index in [9.17, 15) is 18.0 Å². The van der Waals surface area contributed by atoms with Gasteiger partial charge in [-0.1, -0.05) is 49.7 Å². The summed E-state index contributed by atoms with van der Waals surface area (Å²) in [6, 6.07) is 14.2. The summed E-state index contributed by atoms with van der Waals surface area (Å²) in [6.45, 7) is 4.60. The number of amides is 2. The van der Waals surface area contributed by atoms with Crippen LogP contribution in [0, 0.1) is 5.92 Å². The van der Waals surface area contributed by atoms with Crippen molar-refractivity contribution in [2.45, 2.75) is 24.8 Å². The van der Waals surface area contributed by atoms with Gasteiger partial charge in [-0.15, -0.1) is 0 Å². The molecular formula is C22H26ClN3O4S. The number of piperazine rings is 1. The van der Waals surface area contributed by atoms with Gasteiger partial charge >= 0.3 is 0 Å². The van der Waals surface area contributed by atoms with E-state index in [-0.39, 0.29) is 48.8 Å². The van der Waals surface area contributed by atoms with Crippen LogP contribution in [0.2, 0.25) is 5.02 Å². The molecule has 1 saturated heterocycles. The normalized spacial score (nSPS) is 16.2. The molecule has 1 aliphatic heterocycles. The molecule has 166 valence electrons. The van der Waals surface area contributed by atoms with E-state index >= 15 is 0 Å². The fourth-order valence-electron chi connectivity index (χ4n) is 3.45. The first-order valence-electron chi connectivity index (χ1n) is 10.1. The Morgan fingerprint density at radius 2 is 1.61 bits per heavy atom. The van der Waals surface area contributed by atoms with Gasteiger partial charge in [-0.2, -0.15) is 4.31 Å². The van der Waals surface area contributed by atoms with Gasteiger partial charge in [0.2, 0.25) is 15.9 Å². The van der Waals surface area contributed by atoms with E-state index in [4.69, 9.17) is 11.6 Å². The molecule has 1 fully saturated rings. The highest BCUT2D eigenvalue weighted by molar-refractivity contribution is 7.89.